The maximum absolute atomic E-state index is 11.8. The van der Waals surface area contributed by atoms with Gasteiger partial charge in [0.15, 0.2) is 0 Å². The molecule has 2 N–H and O–H groups in total. The average molecular weight is 257 g/mol. The quantitative estimate of drug-likeness (QED) is 0.574. The van der Waals surface area contributed by atoms with Crippen molar-refractivity contribution in [3.05, 3.63) is 0 Å². The van der Waals surface area contributed by atoms with Crippen molar-refractivity contribution in [3.63, 3.8) is 0 Å². The fraction of sp³-hybridized carbons (Fsp3) is 0.933. The number of amides is 1. The third-order valence-electron chi connectivity index (χ3n) is 3.61. The molecule has 1 unspecified atom stereocenters. The van der Waals surface area contributed by atoms with Crippen LogP contribution in [-0.2, 0) is 9.53 Å². The molecule has 0 aliphatic carbocycles. The maximum Gasteiger partial charge on any atom is 0.249 e. The van der Waals surface area contributed by atoms with E-state index in [-0.39, 0.29) is 11.8 Å². The molecule has 0 aliphatic rings. The van der Waals surface area contributed by atoms with Crippen molar-refractivity contribution in [1.82, 2.24) is 0 Å². The zero-order chi connectivity index (χ0) is 14.0. The van der Waals surface area contributed by atoms with E-state index in [4.69, 9.17) is 10.5 Å². The fourth-order valence-corrected chi connectivity index (χ4v) is 2.22. The predicted molar refractivity (Wildman–Crippen MR) is 76.4 cm³/mol. The molecule has 0 aliphatic heterocycles. The molecule has 3 heteroatoms. The molecule has 0 spiro atoms. The molecule has 108 valence electrons. The Balaban J connectivity index is 4.50. The van der Waals surface area contributed by atoms with Crippen molar-refractivity contribution >= 4 is 5.91 Å². The summed E-state index contributed by atoms with van der Waals surface area (Å²) in [7, 11) is 0. The van der Waals surface area contributed by atoms with Gasteiger partial charge >= 0.3 is 0 Å². The molecule has 18 heavy (non-hydrogen) atoms. The molecule has 0 rings (SSSR count). The van der Waals surface area contributed by atoms with Gasteiger partial charge in [-0.2, -0.15) is 0 Å². The molecular formula is C15H31NO2. The second kappa shape index (κ2) is 9.37. The Bertz CT molecular complexity index is 229. The summed E-state index contributed by atoms with van der Waals surface area (Å²) in [6.07, 6.45) is 7.38. The number of nitrogens with two attached hydrogens (primary N) is 1. The van der Waals surface area contributed by atoms with E-state index in [1.165, 1.54) is 12.8 Å². The lowest BCUT2D eigenvalue weighted by molar-refractivity contribution is -0.152. The minimum atomic E-state index is -0.761. The molecule has 0 bridgehead atoms. The van der Waals surface area contributed by atoms with Crippen molar-refractivity contribution < 1.29 is 9.53 Å². The summed E-state index contributed by atoms with van der Waals surface area (Å²) < 4.78 is 5.90. The standard InChI is InChI=1S/C15H31NO2/c1-5-7-9-10-11-15(13(3)4,14(16)17)18-12-8-6-2/h13H,5-12H2,1-4H3,(H2,16,17). The number of carbonyl (C=O) groups is 1. The summed E-state index contributed by atoms with van der Waals surface area (Å²) in [5.74, 6) is -0.168. The summed E-state index contributed by atoms with van der Waals surface area (Å²) in [5, 5.41) is 0. The monoisotopic (exact) mass is 257 g/mol. The molecular weight excluding hydrogens is 226 g/mol. The van der Waals surface area contributed by atoms with Crippen molar-refractivity contribution in [2.45, 2.75) is 78.2 Å². The van der Waals surface area contributed by atoms with Gasteiger partial charge in [0.25, 0.3) is 0 Å². The molecule has 0 aromatic heterocycles. The smallest absolute Gasteiger partial charge is 0.249 e. The van der Waals surface area contributed by atoms with E-state index in [0.29, 0.717) is 6.61 Å². The highest BCUT2D eigenvalue weighted by molar-refractivity contribution is 5.83. The van der Waals surface area contributed by atoms with Crippen LogP contribution in [0.5, 0.6) is 0 Å². The van der Waals surface area contributed by atoms with Gasteiger partial charge in [-0.1, -0.05) is 59.8 Å². The summed E-state index contributed by atoms with van der Waals surface area (Å²) in [4.78, 5) is 11.8. The first-order chi connectivity index (χ1) is 8.51. The first kappa shape index (κ1) is 17.4. The van der Waals surface area contributed by atoms with Crippen LogP contribution >= 0.6 is 0 Å². The molecule has 0 heterocycles. The van der Waals surface area contributed by atoms with Gasteiger partial charge in [0.2, 0.25) is 5.91 Å². The molecule has 1 atom stereocenters. The van der Waals surface area contributed by atoms with Gasteiger partial charge < -0.3 is 10.5 Å². The van der Waals surface area contributed by atoms with Crippen molar-refractivity contribution in [2.75, 3.05) is 6.61 Å². The molecule has 1 amide bonds. The van der Waals surface area contributed by atoms with Crippen LogP contribution in [0, 0.1) is 5.92 Å². The Hall–Kier alpha value is -0.570. The van der Waals surface area contributed by atoms with Gasteiger partial charge in [-0.05, 0) is 18.8 Å². The van der Waals surface area contributed by atoms with Crippen LogP contribution in [0.4, 0.5) is 0 Å². The first-order valence-electron chi connectivity index (χ1n) is 7.45. The van der Waals surface area contributed by atoms with Crippen LogP contribution in [0.25, 0.3) is 0 Å². The third-order valence-corrected chi connectivity index (χ3v) is 3.61. The molecule has 0 saturated carbocycles. The van der Waals surface area contributed by atoms with E-state index in [1.54, 1.807) is 0 Å². The van der Waals surface area contributed by atoms with Crippen LogP contribution < -0.4 is 5.73 Å². The Kier molecular flexibility index (Phi) is 9.08. The lowest BCUT2D eigenvalue weighted by atomic mass is 9.84. The highest BCUT2D eigenvalue weighted by Crippen LogP contribution is 2.29. The normalized spacial score (nSPS) is 14.7. The van der Waals surface area contributed by atoms with E-state index in [0.717, 1.165) is 32.1 Å². The molecule has 3 nitrogen and oxygen atoms in total. The Morgan fingerprint density at radius 1 is 1.11 bits per heavy atom. The molecule has 0 aromatic carbocycles. The fourth-order valence-electron chi connectivity index (χ4n) is 2.22. The van der Waals surface area contributed by atoms with Crippen molar-refractivity contribution in [3.8, 4) is 0 Å². The van der Waals surface area contributed by atoms with Crippen LogP contribution in [0.1, 0.15) is 72.6 Å². The van der Waals surface area contributed by atoms with Crippen LogP contribution in [0.3, 0.4) is 0 Å². The van der Waals surface area contributed by atoms with Crippen molar-refractivity contribution in [1.29, 1.82) is 0 Å². The molecule has 0 aromatic rings. The third kappa shape index (κ3) is 5.38. The van der Waals surface area contributed by atoms with Gasteiger partial charge in [0, 0.05) is 6.61 Å². The van der Waals surface area contributed by atoms with E-state index < -0.39 is 5.60 Å². The van der Waals surface area contributed by atoms with Gasteiger partial charge in [-0.3, -0.25) is 4.79 Å². The van der Waals surface area contributed by atoms with E-state index in [9.17, 15) is 4.79 Å². The van der Waals surface area contributed by atoms with Gasteiger partial charge in [-0.15, -0.1) is 0 Å². The van der Waals surface area contributed by atoms with Gasteiger partial charge in [-0.25, -0.2) is 0 Å². The SMILES string of the molecule is CCCCCCC(OCCCC)(C(N)=O)C(C)C. The van der Waals surface area contributed by atoms with Gasteiger partial charge in [0.05, 0.1) is 0 Å². The van der Waals surface area contributed by atoms with Crippen LogP contribution in [-0.4, -0.2) is 18.1 Å². The number of hydrogen-bond acceptors (Lipinski definition) is 2. The minimum absolute atomic E-state index is 0.133. The molecule has 0 fully saturated rings. The second-order valence-electron chi connectivity index (χ2n) is 5.42. The lowest BCUT2D eigenvalue weighted by Gasteiger charge is -2.34. The number of primary amides is 1. The average Bonchev–Trinajstić information content (AvgIpc) is 2.31. The zero-order valence-electron chi connectivity index (χ0n) is 12.6. The van der Waals surface area contributed by atoms with Crippen LogP contribution in [0.2, 0.25) is 0 Å². The highest BCUT2D eigenvalue weighted by Gasteiger charge is 2.40. The Morgan fingerprint density at radius 3 is 2.17 bits per heavy atom. The molecule has 0 saturated heterocycles. The van der Waals surface area contributed by atoms with Gasteiger partial charge in [0.1, 0.15) is 5.60 Å². The number of rotatable bonds is 11. The highest BCUT2D eigenvalue weighted by atomic mass is 16.5. The van der Waals surface area contributed by atoms with E-state index in [1.807, 2.05) is 13.8 Å². The molecule has 0 radical (unpaired) electrons. The largest absolute Gasteiger partial charge is 0.367 e. The summed E-state index contributed by atoms with van der Waals surface area (Å²) in [6, 6.07) is 0. The Morgan fingerprint density at radius 2 is 1.72 bits per heavy atom. The van der Waals surface area contributed by atoms with Crippen molar-refractivity contribution in [2.24, 2.45) is 11.7 Å². The lowest BCUT2D eigenvalue weighted by Crippen LogP contribution is -2.50. The summed E-state index contributed by atoms with van der Waals surface area (Å²) in [6.45, 7) is 8.98. The first-order valence-corrected chi connectivity index (χ1v) is 7.45. The van der Waals surface area contributed by atoms with Crippen LogP contribution in [0.15, 0.2) is 0 Å². The van der Waals surface area contributed by atoms with E-state index in [2.05, 4.69) is 13.8 Å². The number of hydrogen-bond donors (Lipinski definition) is 1. The topological polar surface area (TPSA) is 52.3 Å². The summed E-state index contributed by atoms with van der Waals surface area (Å²) >= 11 is 0. The predicted octanol–water partition coefficient (Wildman–Crippen LogP) is 3.65. The number of unbranched alkanes of at least 4 members (excludes halogenated alkanes) is 4. The zero-order valence-corrected chi connectivity index (χ0v) is 12.6. The summed E-state index contributed by atoms with van der Waals surface area (Å²) in [5.41, 5.74) is 4.84. The number of ether oxygens (including phenoxy) is 1. The minimum Gasteiger partial charge on any atom is -0.367 e. The Labute approximate surface area is 112 Å². The second-order valence-corrected chi connectivity index (χ2v) is 5.42. The number of carbonyl (C=O) groups excluding carboxylic acids is 1. The maximum atomic E-state index is 11.8. The van der Waals surface area contributed by atoms with E-state index >= 15 is 0 Å².